The second-order valence-corrected chi connectivity index (χ2v) is 5.61. The molecular formula is C14H19ClFNO. The molecular weight excluding hydrogens is 253 g/mol. The van der Waals surface area contributed by atoms with E-state index in [2.05, 4.69) is 12.2 Å². The minimum absolute atomic E-state index is 0.298. The highest BCUT2D eigenvalue weighted by molar-refractivity contribution is 6.31. The Morgan fingerprint density at radius 2 is 2.33 bits per heavy atom. The first-order valence-corrected chi connectivity index (χ1v) is 6.80. The summed E-state index contributed by atoms with van der Waals surface area (Å²) in [6.45, 7) is 3.22. The average molecular weight is 272 g/mol. The van der Waals surface area contributed by atoms with Crippen LogP contribution in [0, 0.1) is 11.7 Å². The van der Waals surface area contributed by atoms with Crippen LogP contribution in [0.2, 0.25) is 5.02 Å². The molecule has 1 aliphatic heterocycles. The third-order valence-corrected chi connectivity index (χ3v) is 3.91. The number of aliphatic hydroxyl groups excluding tert-OH is 1. The lowest BCUT2D eigenvalue weighted by molar-refractivity contribution is 0.138. The topological polar surface area (TPSA) is 32.3 Å². The van der Waals surface area contributed by atoms with Gasteiger partial charge < -0.3 is 10.4 Å². The van der Waals surface area contributed by atoms with E-state index < -0.39 is 6.10 Å². The molecule has 0 saturated carbocycles. The van der Waals surface area contributed by atoms with Gasteiger partial charge in [0.15, 0.2) is 0 Å². The summed E-state index contributed by atoms with van der Waals surface area (Å²) in [5, 5.41) is 13.9. The van der Waals surface area contributed by atoms with E-state index in [4.69, 9.17) is 11.6 Å². The minimum Gasteiger partial charge on any atom is -0.388 e. The van der Waals surface area contributed by atoms with E-state index in [9.17, 15) is 9.50 Å². The number of hydrogen-bond donors (Lipinski definition) is 2. The predicted molar refractivity (Wildman–Crippen MR) is 71.2 cm³/mol. The fourth-order valence-corrected chi connectivity index (χ4v) is 2.86. The van der Waals surface area contributed by atoms with Gasteiger partial charge in [-0.05, 0) is 49.4 Å². The van der Waals surface area contributed by atoms with E-state index in [1.165, 1.54) is 18.6 Å². The number of rotatable bonds is 3. The average Bonchev–Trinajstić information content (AvgIpc) is 2.28. The molecule has 0 bridgehead atoms. The van der Waals surface area contributed by atoms with Gasteiger partial charge in [0.05, 0.1) is 6.10 Å². The molecule has 0 spiro atoms. The zero-order valence-electron chi connectivity index (χ0n) is 10.5. The second kappa shape index (κ2) is 6.00. The Kier molecular flexibility index (Phi) is 4.60. The van der Waals surface area contributed by atoms with Gasteiger partial charge in [-0.25, -0.2) is 4.39 Å². The summed E-state index contributed by atoms with van der Waals surface area (Å²) in [5.74, 6) is 0.313. The van der Waals surface area contributed by atoms with Crippen molar-refractivity contribution in [3.05, 3.63) is 34.6 Å². The molecule has 0 radical (unpaired) electrons. The van der Waals surface area contributed by atoms with Crippen molar-refractivity contribution in [3.8, 4) is 0 Å². The monoisotopic (exact) mass is 271 g/mol. The highest BCUT2D eigenvalue weighted by Gasteiger charge is 2.22. The van der Waals surface area contributed by atoms with Crippen LogP contribution in [-0.4, -0.2) is 17.7 Å². The minimum atomic E-state index is -0.638. The van der Waals surface area contributed by atoms with Crippen LogP contribution in [0.25, 0.3) is 0 Å². The third kappa shape index (κ3) is 3.44. The summed E-state index contributed by atoms with van der Waals surface area (Å²) in [4.78, 5) is 0. The summed E-state index contributed by atoms with van der Waals surface area (Å²) in [6, 6.07) is 4.46. The first kappa shape index (κ1) is 13.8. The first-order valence-electron chi connectivity index (χ1n) is 6.42. The van der Waals surface area contributed by atoms with E-state index >= 15 is 0 Å². The highest BCUT2D eigenvalue weighted by atomic mass is 35.5. The van der Waals surface area contributed by atoms with Crippen LogP contribution in [0.5, 0.6) is 0 Å². The van der Waals surface area contributed by atoms with Gasteiger partial charge in [-0.3, -0.25) is 0 Å². The van der Waals surface area contributed by atoms with E-state index in [-0.39, 0.29) is 5.82 Å². The quantitative estimate of drug-likeness (QED) is 0.884. The van der Waals surface area contributed by atoms with Crippen LogP contribution < -0.4 is 5.32 Å². The zero-order chi connectivity index (χ0) is 13.1. The van der Waals surface area contributed by atoms with Crippen molar-refractivity contribution in [1.29, 1.82) is 0 Å². The fraction of sp³-hybridized carbons (Fsp3) is 0.571. The Hall–Kier alpha value is -0.640. The normalized spacial score (nSPS) is 26.0. The number of piperidine rings is 1. The summed E-state index contributed by atoms with van der Waals surface area (Å²) in [7, 11) is 0. The van der Waals surface area contributed by atoms with Gasteiger partial charge in [-0.15, -0.1) is 0 Å². The van der Waals surface area contributed by atoms with Gasteiger partial charge in [0.2, 0.25) is 0 Å². The van der Waals surface area contributed by atoms with Crippen LogP contribution in [0.4, 0.5) is 4.39 Å². The molecule has 1 heterocycles. The lowest BCUT2D eigenvalue weighted by Gasteiger charge is -2.30. The number of nitrogens with one attached hydrogen (secondary N) is 1. The van der Waals surface area contributed by atoms with Gasteiger partial charge in [0.1, 0.15) is 5.82 Å². The number of aliphatic hydroxyl groups is 1. The Labute approximate surface area is 112 Å². The molecule has 1 saturated heterocycles. The van der Waals surface area contributed by atoms with Crippen molar-refractivity contribution in [2.45, 2.75) is 38.3 Å². The van der Waals surface area contributed by atoms with Gasteiger partial charge in [-0.1, -0.05) is 24.6 Å². The van der Waals surface area contributed by atoms with Crippen molar-refractivity contribution in [2.75, 3.05) is 6.54 Å². The summed E-state index contributed by atoms with van der Waals surface area (Å²) in [6.07, 6.45) is 2.23. The molecule has 0 amide bonds. The molecule has 1 fully saturated rings. The van der Waals surface area contributed by atoms with Crippen LogP contribution >= 0.6 is 11.6 Å². The predicted octanol–water partition coefficient (Wildman–Crippen LogP) is 3.29. The van der Waals surface area contributed by atoms with Crippen molar-refractivity contribution in [3.63, 3.8) is 0 Å². The summed E-state index contributed by atoms with van der Waals surface area (Å²) in [5.41, 5.74) is 0.609. The van der Waals surface area contributed by atoms with Crippen LogP contribution in [0.15, 0.2) is 18.2 Å². The van der Waals surface area contributed by atoms with Crippen molar-refractivity contribution >= 4 is 11.6 Å². The van der Waals surface area contributed by atoms with E-state index in [0.717, 1.165) is 13.0 Å². The molecule has 3 unspecified atom stereocenters. The zero-order valence-corrected chi connectivity index (χ0v) is 11.3. The highest BCUT2D eigenvalue weighted by Crippen LogP contribution is 2.29. The van der Waals surface area contributed by atoms with Crippen LogP contribution in [-0.2, 0) is 0 Å². The molecule has 2 nitrogen and oxygen atoms in total. The Balaban J connectivity index is 2.00. The molecule has 0 aliphatic carbocycles. The molecule has 0 aromatic heterocycles. The number of hydrogen-bond acceptors (Lipinski definition) is 2. The van der Waals surface area contributed by atoms with E-state index in [0.29, 0.717) is 29.0 Å². The van der Waals surface area contributed by atoms with Gasteiger partial charge in [-0.2, -0.15) is 0 Å². The Morgan fingerprint density at radius 3 is 3.00 bits per heavy atom. The lowest BCUT2D eigenvalue weighted by atomic mass is 9.90. The lowest BCUT2D eigenvalue weighted by Crippen LogP contribution is -2.38. The first-order chi connectivity index (χ1) is 8.56. The molecule has 1 aromatic carbocycles. The SMILES string of the molecule is CC1CCNC(CC(O)c2ccc(F)cc2Cl)C1. The van der Waals surface area contributed by atoms with E-state index in [1.54, 1.807) is 6.07 Å². The third-order valence-electron chi connectivity index (χ3n) is 3.59. The van der Waals surface area contributed by atoms with Gasteiger partial charge in [0.25, 0.3) is 0 Å². The Bertz CT molecular complexity index is 413. The maximum atomic E-state index is 12.9. The number of halogens is 2. The van der Waals surface area contributed by atoms with Crippen molar-refractivity contribution < 1.29 is 9.50 Å². The molecule has 2 N–H and O–H groups in total. The maximum absolute atomic E-state index is 12.9. The summed E-state index contributed by atoms with van der Waals surface area (Å²) >= 11 is 5.95. The maximum Gasteiger partial charge on any atom is 0.124 e. The molecule has 18 heavy (non-hydrogen) atoms. The van der Waals surface area contributed by atoms with Gasteiger partial charge >= 0.3 is 0 Å². The largest absolute Gasteiger partial charge is 0.388 e. The standard InChI is InChI=1S/C14H19ClFNO/c1-9-4-5-17-11(6-9)8-14(18)12-3-2-10(16)7-13(12)15/h2-3,7,9,11,14,17-18H,4-6,8H2,1H3. The molecule has 4 heteroatoms. The van der Waals surface area contributed by atoms with Gasteiger partial charge in [0, 0.05) is 11.1 Å². The molecule has 2 rings (SSSR count). The molecule has 1 aliphatic rings. The van der Waals surface area contributed by atoms with Crippen molar-refractivity contribution in [2.24, 2.45) is 5.92 Å². The fourth-order valence-electron chi connectivity index (χ4n) is 2.57. The molecule has 1 aromatic rings. The Morgan fingerprint density at radius 1 is 1.56 bits per heavy atom. The molecule has 100 valence electrons. The summed E-state index contributed by atoms with van der Waals surface area (Å²) < 4.78 is 12.9. The van der Waals surface area contributed by atoms with Crippen molar-refractivity contribution in [1.82, 2.24) is 5.32 Å². The van der Waals surface area contributed by atoms with E-state index in [1.807, 2.05) is 0 Å². The molecule has 3 atom stereocenters. The van der Waals surface area contributed by atoms with Crippen LogP contribution in [0.3, 0.4) is 0 Å². The second-order valence-electron chi connectivity index (χ2n) is 5.20. The number of benzene rings is 1. The van der Waals surface area contributed by atoms with Crippen LogP contribution in [0.1, 0.15) is 37.9 Å². The smallest absolute Gasteiger partial charge is 0.124 e.